The fourth-order valence-corrected chi connectivity index (χ4v) is 3.56. The molecule has 1 heterocycles. The molecule has 2 amide bonds. The summed E-state index contributed by atoms with van der Waals surface area (Å²) in [4.78, 5) is 47.6. The van der Waals surface area contributed by atoms with Gasteiger partial charge in [0.05, 0.1) is 33.7 Å². The molecular weight excluding hydrogens is 444 g/mol. The number of nitro benzene ring substituents is 2. The van der Waals surface area contributed by atoms with Gasteiger partial charge in [-0.25, -0.2) is 0 Å². The SMILES string of the molecule is CC1Oc2cc(NC(=O)c3cc([N+](=O)[O-])cc([N+](=O)[O-])c3)ccc2N(Cc2ccccc2)C1=O. The fourth-order valence-electron chi connectivity index (χ4n) is 3.56. The zero-order chi connectivity index (χ0) is 24.4. The maximum Gasteiger partial charge on any atom is 0.277 e. The Hall–Kier alpha value is -4.80. The summed E-state index contributed by atoms with van der Waals surface area (Å²) < 4.78 is 5.72. The first-order valence-corrected chi connectivity index (χ1v) is 10.1. The van der Waals surface area contributed by atoms with E-state index in [-0.39, 0.29) is 11.5 Å². The van der Waals surface area contributed by atoms with E-state index in [4.69, 9.17) is 4.74 Å². The highest BCUT2D eigenvalue weighted by molar-refractivity contribution is 6.06. The van der Waals surface area contributed by atoms with Crippen molar-refractivity contribution in [1.82, 2.24) is 0 Å². The van der Waals surface area contributed by atoms with Crippen LogP contribution in [0.5, 0.6) is 5.75 Å². The van der Waals surface area contributed by atoms with Gasteiger partial charge < -0.3 is 15.0 Å². The maximum atomic E-state index is 12.7. The quantitative estimate of drug-likeness (QED) is 0.429. The van der Waals surface area contributed by atoms with Crippen molar-refractivity contribution in [2.45, 2.75) is 19.6 Å². The minimum atomic E-state index is -0.809. The summed E-state index contributed by atoms with van der Waals surface area (Å²) in [5.41, 5.74) is 0.360. The molecule has 1 N–H and O–H groups in total. The van der Waals surface area contributed by atoms with Crippen molar-refractivity contribution in [3.05, 3.63) is 98.1 Å². The van der Waals surface area contributed by atoms with Crippen LogP contribution in [0.15, 0.2) is 66.7 Å². The first kappa shape index (κ1) is 22.4. The van der Waals surface area contributed by atoms with Crippen molar-refractivity contribution >= 4 is 34.6 Å². The molecule has 0 radical (unpaired) electrons. The highest BCUT2D eigenvalue weighted by Gasteiger charge is 2.32. The first-order chi connectivity index (χ1) is 16.2. The Labute approximate surface area is 192 Å². The summed E-state index contributed by atoms with van der Waals surface area (Å²) in [6.07, 6.45) is -0.749. The van der Waals surface area contributed by atoms with E-state index < -0.39 is 33.2 Å². The molecule has 0 spiro atoms. The van der Waals surface area contributed by atoms with Crippen LogP contribution >= 0.6 is 0 Å². The molecule has 0 saturated carbocycles. The van der Waals surface area contributed by atoms with E-state index in [1.807, 2.05) is 30.3 Å². The second kappa shape index (κ2) is 8.98. The van der Waals surface area contributed by atoms with E-state index in [0.29, 0.717) is 23.7 Å². The standard InChI is InChI=1S/C23H18N4O7/c1-14-23(29)25(13-15-5-3-2-4-6-15)20-8-7-17(11-21(20)34-14)24-22(28)16-9-18(26(30)31)12-19(10-16)27(32)33/h2-12,14H,13H2,1H3,(H,24,28). The van der Waals surface area contributed by atoms with E-state index >= 15 is 0 Å². The van der Waals surface area contributed by atoms with Crippen LogP contribution in [0, 0.1) is 20.2 Å². The van der Waals surface area contributed by atoms with Gasteiger partial charge in [0.1, 0.15) is 5.75 Å². The molecule has 1 aliphatic rings. The molecule has 11 nitrogen and oxygen atoms in total. The first-order valence-electron chi connectivity index (χ1n) is 10.1. The van der Waals surface area contributed by atoms with Crippen LogP contribution in [-0.2, 0) is 11.3 Å². The van der Waals surface area contributed by atoms with E-state index in [1.54, 1.807) is 24.0 Å². The molecule has 34 heavy (non-hydrogen) atoms. The number of carbonyl (C=O) groups is 2. The van der Waals surface area contributed by atoms with Gasteiger partial charge in [0.2, 0.25) is 0 Å². The molecule has 4 rings (SSSR count). The molecule has 0 fully saturated rings. The lowest BCUT2D eigenvalue weighted by atomic mass is 10.1. The largest absolute Gasteiger partial charge is 0.479 e. The molecule has 1 aliphatic heterocycles. The summed E-state index contributed by atoms with van der Waals surface area (Å²) in [5.74, 6) is -0.615. The Morgan fingerprint density at radius 2 is 1.65 bits per heavy atom. The number of nitrogens with zero attached hydrogens (tertiary/aromatic N) is 3. The lowest BCUT2D eigenvalue weighted by molar-refractivity contribution is -0.394. The molecule has 3 aromatic carbocycles. The molecule has 3 aromatic rings. The number of non-ortho nitro benzene ring substituents is 2. The predicted molar refractivity (Wildman–Crippen MR) is 122 cm³/mol. The summed E-state index contributed by atoms with van der Waals surface area (Å²) >= 11 is 0. The van der Waals surface area contributed by atoms with Crippen molar-refractivity contribution in [1.29, 1.82) is 0 Å². The monoisotopic (exact) mass is 462 g/mol. The van der Waals surface area contributed by atoms with Gasteiger partial charge in [-0.05, 0) is 24.6 Å². The number of carbonyl (C=O) groups excluding carboxylic acids is 2. The number of hydrogen-bond donors (Lipinski definition) is 1. The average molecular weight is 462 g/mol. The number of amides is 2. The zero-order valence-electron chi connectivity index (χ0n) is 17.8. The van der Waals surface area contributed by atoms with Crippen LogP contribution in [0.2, 0.25) is 0 Å². The van der Waals surface area contributed by atoms with Crippen molar-refractivity contribution in [3.8, 4) is 5.75 Å². The Kier molecular flexibility index (Phi) is 5.92. The number of ether oxygens (including phenoxy) is 1. The van der Waals surface area contributed by atoms with Gasteiger partial charge in [0.25, 0.3) is 23.2 Å². The Balaban J connectivity index is 1.61. The van der Waals surface area contributed by atoms with Crippen LogP contribution in [0.1, 0.15) is 22.8 Å². The second-order valence-electron chi connectivity index (χ2n) is 7.56. The smallest absolute Gasteiger partial charge is 0.277 e. The molecular formula is C23H18N4O7. The highest BCUT2D eigenvalue weighted by Crippen LogP contribution is 2.37. The van der Waals surface area contributed by atoms with Crippen LogP contribution < -0.4 is 15.0 Å². The van der Waals surface area contributed by atoms with Crippen molar-refractivity contribution in [2.75, 3.05) is 10.2 Å². The van der Waals surface area contributed by atoms with Gasteiger partial charge >= 0.3 is 0 Å². The molecule has 0 aliphatic carbocycles. The lowest BCUT2D eigenvalue weighted by Gasteiger charge is -2.33. The zero-order valence-corrected chi connectivity index (χ0v) is 17.8. The third kappa shape index (κ3) is 4.53. The number of benzene rings is 3. The number of nitrogens with one attached hydrogen (secondary N) is 1. The average Bonchev–Trinajstić information content (AvgIpc) is 2.82. The topological polar surface area (TPSA) is 145 Å². The normalized spacial score (nSPS) is 14.7. The van der Waals surface area contributed by atoms with E-state index in [9.17, 15) is 29.8 Å². The number of nitro groups is 2. The molecule has 1 atom stereocenters. The number of rotatable bonds is 6. The molecule has 0 saturated heterocycles. The highest BCUT2D eigenvalue weighted by atomic mass is 16.6. The number of anilines is 2. The summed E-state index contributed by atoms with van der Waals surface area (Å²) in [6, 6.07) is 16.8. The Morgan fingerprint density at radius 3 is 2.26 bits per heavy atom. The molecule has 0 aromatic heterocycles. The lowest BCUT2D eigenvalue weighted by Crippen LogP contribution is -2.44. The van der Waals surface area contributed by atoms with E-state index in [1.165, 1.54) is 6.07 Å². The minimum Gasteiger partial charge on any atom is -0.479 e. The van der Waals surface area contributed by atoms with Crippen LogP contribution in [0.25, 0.3) is 0 Å². The molecule has 1 unspecified atom stereocenters. The molecule has 0 bridgehead atoms. The Bertz CT molecular complexity index is 1280. The van der Waals surface area contributed by atoms with Gasteiger partial charge in [-0.2, -0.15) is 0 Å². The van der Waals surface area contributed by atoms with Crippen LogP contribution in [-0.4, -0.2) is 27.8 Å². The fraction of sp³-hybridized carbons (Fsp3) is 0.130. The van der Waals surface area contributed by atoms with Crippen molar-refractivity contribution in [3.63, 3.8) is 0 Å². The predicted octanol–water partition coefficient (Wildman–Crippen LogP) is 4.07. The third-order valence-electron chi connectivity index (χ3n) is 5.20. The second-order valence-corrected chi connectivity index (χ2v) is 7.56. The van der Waals surface area contributed by atoms with Crippen LogP contribution in [0.4, 0.5) is 22.7 Å². The van der Waals surface area contributed by atoms with Gasteiger partial charge in [0.15, 0.2) is 6.10 Å². The molecule has 11 heteroatoms. The maximum absolute atomic E-state index is 12.7. The van der Waals surface area contributed by atoms with E-state index in [2.05, 4.69) is 5.32 Å². The van der Waals surface area contributed by atoms with Crippen molar-refractivity contribution in [2.24, 2.45) is 0 Å². The van der Waals surface area contributed by atoms with E-state index in [0.717, 1.165) is 23.8 Å². The minimum absolute atomic E-state index is 0.211. The number of fused-ring (bicyclic) bond motifs is 1. The Morgan fingerprint density at radius 1 is 1.00 bits per heavy atom. The summed E-state index contributed by atoms with van der Waals surface area (Å²) in [7, 11) is 0. The summed E-state index contributed by atoms with van der Waals surface area (Å²) in [6.45, 7) is 1.96. The third-order valence-corrected chi connectivity index (χ3v) is 5.20. The molecule has 172 valence electrons. The van der Waals surface area contributed by atoms with Gasteiger partial charge in [-0.15, -0.1) is 0 Å². The van der Waals surface area contributed by atoms with Crippen molar-refractivity contribution < 1.29 is 24.2 Å². The van der Waals surface area contributed by atoms with Gasteiger partial charge in [-0.3, -0.25) is 29.8 Å². The van der Waals surface area contributed by atoms with Gasteiger partial charge in [-0.1, -0.05) is 30.3 Å². The number of hydrogen-bond acceptors (Lipinski definition) is 7. The van der Waals surface area contributed by atoms with Gasteiger partial charge in [0, 0.05) is 23.9 Å². The van der Waals surface area contributed by atoms with Crippen LogP contribution in [0.3, 0.4) is 0 Å². The summed E-state index contributed by atoms with van der Waals surface area (Å²) in [5, 5.41) is 24.7.